The van der Waals surface area contributed by atoms with Crippen molar-refractivity contribution in [2.24, 2.45) is 0 Å². The number of aromatic nitrogens is 1. The number of rotatable bonds is 8. The van der Waals surface area contributed by atoms with Gasteiger partial charge in [0.15, 0.2) is 11.6 Å². The Balaban J connectivity index is 1.76. The third-order valence-corrected chi connectivity index (χ3v) is 6.99. The van der Waals surface area contributed by atoms with Crippen LogP contribution in [0.3, 0.4) is 0 Å². The van der Waals surface area contributed by atoms with E-state index in [-0.39, 0.29) is 17.6 Å². The van der Waals surface area contributed by atoms with Gasteiger partial charge in [0.05, 0.1) is 31.8 Å². The minimum Gasteiger partial charge on any atom is -0.394 e. The molecule has 200 valence electrons. The molecule has 1 atom stereocenters. The first-order chi connectivity index (χ1) is 18.1. The van der Waals surface area contributed by atoms with Crippen molar-refractivity contribution in [2.45, 2.75) is 24.9 Å². The molecule has 0 bridgehead atoms. The van der Waals surface area contributed by atoms with Crippen LogP contribution < -0.4 is 5.32 Å². The van der Waals surface area contributed by atoms with Crippen molar-refractivity contribution < 1.29 is 38.5 Å². The smallest absolute Gasteiger partial charge is 0.257 e. The highest BCUT2D eigenvalue weighted by atomic mass is 35.5. The fourth-order valence-electron chi connectivity index (χ4n) is 4.31. The van der Waals surface area contributed by atoms with Gasteiger partial charge in [-0.15, -0.1) is 0 Å². The van der Waals surface area contributed by atoms with Crippen molar-refractivity contribution in [3.63, 3.8) is 0 Å². The lowest BCUT2D eigenvalue weighted by Gasteiger charge is -2.33. The highest BCUT2D eigenvalue weighted by Gasteiger charge is 2.44. The van der Waals surface area contributed by atoms with Crippen molar-refractivity contribution in [1.29, 1.82) is 0 Å². The van der Waals surface area contributed by atoms with Crippen molar-refractivity contribution in [1.82, 2.24) is 15.2 Å². The van der Waals surface area contributed by atoms with Crippen LogP contribution in [0.15, 0.2) is 42.1 Å². The zero-order valence-corrected chi connectivity index (χ0v) is 20.9. The molecule has 1 aliphatic heterocycles. The number of carbonyl (C=O) groups is 3. The SMILES string of the molecule is Cc1c(Cl)ccc2c(/C=C3\CC(=O)N(C(C(=O)NC(CO)(CO)CO)c4ccc(F)c(F)c4)C3=O)c[nH]c12. The lowest BCUT2D eigenvalue weighted by atomic mass is 9.99. The maximum absolute atomic E-state index is 14.1. The predicted octanol–water partition coefficient (Wildman–Crippen LogP) is 2.12. The van der Waals surface area contributed by atoms with Crippen LogP contribution in [-0.2, 0) is 14.4 Å². The molecule has 0 spiro atoms. The molecule has 0 aliphatic carbocycles. The molecule has 5 N–H and O–H groups in total. The van der Waals surface area contributed by atoms with Gasteiger partial charge in [-0.25, -0.2) is 8.78 Å². The summed E-state index contributed by atoms with van der Waals surface area (Å²) in [7, 11) is 0. The molecule has 1 saturated heterocycles. The summed E-state index contributed by atoms with van der Waals surface area (Å²) in [6.07, 6.45) is 2.75. The highest BCUT2D eigenvalue weighted by Crippen LogP contribution is 2.34. The number of nitrogens with zero attached hydrogens (tertiary/aromatic N) is 1. The molecule has 2 aromatic carbocycles. The number of imide groups is 1. The van der Waals surface area contributed by atoms with Crippen LogP contribution in [-0.4, -0.2) is 68.3 Å². The number of aromatic amines is 1. The van der Waals surface area contributed by atoms with E-state index < -0.39 is 60.8 Å². The molecule has 0 radical (unpaired) electrons. The largest absolute Gasteiger partial charge is 0.394 e. The van der Waals surface area contributed by atoms with Crippen molar-refractivity contribution in [3.05, 3.63) is 75.4 Å². The van der Waals surface area contributed by atoms with Crippen LogP contribution >= 0.6 is 11.6 Å². The lowest BCUT2D eigenvalue weighted by Crippen LogP contribution is -2.59. The summed E-state index contributed by atoms with van der Waals surface area (Å²) in [5, 5.41) is 32.4. The van der Waals surface area contributed by atoms with E-state index in [0.717, 1.165) is 28.6 Å². The van der Waals surface area contributed by atoms with Crippen LogP contribution in [0.4, 0.5) is 8.78 Å². The van der Waals surface area contributed by atoms with Gasteiger partial charge in [0.25, 0.3) is 5.91 Å². The lowest BCUT2D eigenvalue weighted by molar-refractivity contribution is -0.147. The van der Waals surface area contributed by atoms with Crippen molar-refractivity contribution >= 4 is 46.3 Å². The molecule has 3 amide bonds. The average molecular weight is 548 g/mol. The first-order valence-corrected chi connectivity index (χ1v) is 11.9. The molecular weight excluding hydrogens is 524 g/mol. The second-order valence-electron chi connectivity index (χ2n) is 9.07. The number of benzene rings is 2. The van der Waals surface area contributed by atoms with Crippen LogP contribution in [0.25, 0.3) is 17.0 Å². The molecule has 1 fully saturated rings. The van der Waals surface area contributed by atoms with E-state index in [1.54, 1.807) is 18.3 Å². The number of halogens is 3. The van der Waals surface area contributed by atoms with Gasteiger partial charge in [-0.05, 0) is 42.3 Å². The van der Waals surface area contributed by atoms with E-state index in [0.29, 0.717) is 21.6 Å². The van der Waals surface area contributed by atoms with Gasteiger partial charge in [-0.2, -0.15) is 0 Å². The van der Waals surface area contributed by atoms with E-state index in [9.17, 15) is 38.5 Å². The molecule has 4 rings (SSSR count). The zero-order valence-electron chi connectivity index (χ0n) is 20.1. The summed E-state index contributed by atoms with van der Waals surface area (Å²) < 4.78 is 27.8. The molecule has 1 aliphatic rings. The van der Waals surface area contributed by atoms with Gasteiger partial charge in [-0.3, -0.25) is 19.3 Å². The summed E-state index contributed by atoms with van der Waals surface area (Å²) in [5.41, 5.74) is 0.0315. The van der Waals surface area contributed by atoms with Crippen molar-refractivity contribution in [3.8, 4) is 0 Å². The van der Waals surface area contributed by atoms with Gasteiger partial charge >= 0.3 is 0 Å². The normalized spacial score (nSPS) is 16.1. The Bertz CT molecular complexity index is 1460. The molecule has 0 saturated carbocycles. The molecule has 12 heteroatoms. The minimum atomic E-state index is -1.90. The summed E-state index contributed by atoms with van der Waals surface area (Å²) in [4.78, 5) is 43.6. The topological polar surface area (TPSA) is 143 Å². The minimum absolute atomic E-state index is 0.0432. The van der Waals surface area contributed by atoms with E-state index >= 15 is 0 Å². The predicted molar refractivity (Wildman–Crippen MR) is 134 cm³/mol. The molecule has 9 nitrogen and oxygen atoms in total. The second kappa shape index (κ2) is 10.6. The standard InChI is InChI=1S/C26H24ClF2N3O6/c1-13-18(27)4-3-17-16(9-30-22(13)17)6-15-8-21(36)32(25(15)38)23(14-2-5-19(28)20(29)7-14)24(37)31-26(10-33,11-34)12-35/h2-7,9,23,30,33-35H,8,10-12H2,1H3,(H,31,37)/b15-6+. The van der Waals surface area contributed by atoms with Gasteiger partial charge < -0.3 is 25.6 Å². The van der Waals surface area contributed by atoms with E-state index in [4.69, 9.17) is 11.6 Å². The first-order valence-electron chi connectivity index (χ1n) is 11.5. The Kier molecular flexibility index (Phi) is 7.65. The zero-order chi connectivity index (χ0) is 27.8. The molecule has 38 heavy (non-hydrogen) atoms. The fourth-order valence-corrected chi connectivity index (χ4v) is 4.47. The average Bonchev–Trinajstić information content (AvgIpc) is 3.43. The van der Waals surface area contributed by atoms with Crippen LogP contribution in [0.1, 0.15) is 29.2 Å². The van der Waals surface area contributed by atoms with Gasteiger partial charge in [-0.1, -0.05) is 23.7 Å². The van der Waals surface area contributed by atoms with Gasteiger partial charge in [0, 0.05) is 27.7 Å². The van der Waals surface area contributed by atoms with E-state index in [2.05, 4.69) is 10.3 Å². The number of aliphatic hydroxyl groups is 3. The molecule has 2 heterocycles. The number of hydrogen-bond donors (Lipinski definition) is 5. The fraction of sp³-hybridized carbons (Fsp3) is 0.269. The molecule has 1 unspecified atom stereocenters. The second-order valence-corrected chi connectivity index (χ2v) is 9.48. The number of amides is 3. The van der Waals surface area contributed by atoms with Crippen LogP contribution in [0.2, 0.25) is 5.02 Å². The number of carbonyl (C=O) groups excluding carboxylic acids is 3. The maximum Gasteiger partial charge on any atom is 0.257 e. The number of fused-ring (bicyclic) bond motifs is 1. The Morgan fingerprint density at radius 1 is 1.16 bits per heavy atom. The number of likely N-dealkylation sites (tertiary alicyclic amines) is 1. The monoisotopic (exact) mass is 547 g/mol. The molecular formula is C26H24ClF2N3O6. The third-order valence-electron chi connectivity index (χ3n) is 6.58. The number of H-pyrrole nitrogens is 1. The van der Waals surface area contributed by atoms with Crippen molar-refractivity contribution in [2.75, 3.05) is 19.8 Å². The van der Waals surface area contributed by atoms with E-state index in [1.165, 1.54) is 6.08 Å². The maximum atomic E-state index is 14.1. The van der Waals surface area contributed by atoms with Crippen LogP contribution in [0, 0.1) is 18.6 Å². The highest BCUT2D eigenvalue weighted by molar-refractivity contribution is 6.32. The summed E-state index contributed by atoms with van der Waals surface area (Å²) in [6, 6.07) is 4.11. The van der Waals surface area contributed by atoms with Gasteiger partial charge in [0.2, 0.25) is 11.8 Å². The first kappa shape index (κ1) is 27.4. The Morgan fingerprint density at radius 3 is 2.47 bits per heavy atom. The third kappa shape index (κ3) is 4.81. The number of aliphatic hydroxyl groups excluding tert-OH is 3. The van der Waals surface area contributed by atoms with Gasteiger partial charge in [0.1, 0.15) is 11.6 Å². The quantitative estimate of drug-likeness (QED) is 0.216. The number of aryl methyl sites for hydroxylation is 1. The summed E-state index contributed by atoms with van der Waals surface area (Å²) >= 11 is 6.17. The summed E-state index contributed by atoms with van der Waals surface area (Å²) in [6.45, 7) is -0.825. The molecule has 1 aromatic heterocycles. The van der Waals surface area contributed by atoms with E-state index in [1.807, 2.05) is 6.92 Å². The summed E-state index contributed by atoms with van der Waals surface area (Å²) in [5.74, 6) is -5.26. The number of hydrogen-bond acceptors (Lipinski definition) is 6. The van der Waals surface area contributed by atoms with Crippen LogP contribution in [0.5, 0.6) is 0 Å². The molecule has 3 aromatic rings. The number of nitrogens with one attached hydrogen (secondary N) is 2. The Morgan fingerprint density at radius 2 is 1.84 bits per heavy atom. The Labute approximate surface area is 220 Å². The Hall–Kier alpha value is -3.64.